The van der Waals surface area contributed by atoms with Gasteiger partial charge in [-0.1, -0.05) is 60.7 Å². The first-order valence-corrected chi connectivity index (χ1v) is 6.42. The second kappa shape index (κ2) is 4.69. The highest BCUT2D eigenvalue weighted by molar-refractivity contribution is 5.49. The van der Waals surface area contributed by atoms with Crippen LogP contribution in [-0.4, -0.2) is 10.9 Å². The Labute approximate surface area is 108 Å². The van der Waals surface area contributed by atoms with Crippen LogP contribution in [0.25, 0.3) is 6.08 Å². The van der Waals surface area contributed by atoms with Crippen LogP contribution in [0.2, 0.25) is 0 Å². The Bertz CT molecular complexity index is 530. The van der Waals surface area contributed by atoms with E-state index in [1.165, 1.54) is 11.1 Å². The van der Waals surface area contributed by atoms with Crippen molar-refractivity contribution in [1.82, 2.24) is 4.90 Å². The molecule has 1 heteroatoms. The average molecular weight is 235 g/mol. The summed E-state index contributed by atoms with van der Waals surface area (Å²) in [5.41, 5.74) is 2.66. The molecule has 2 aromatic carbocycles. The van der Waals surface area contributed by atoms with Gasteiger partial charge in [0.05, 0.1) is 12.1 Å². The van der Waals surface area contributed by atoms with Crippen molar-refractivity contribution in [2.24, 2.45) is 0 Å². The molecule has 1 saturated heterocycles. The lowest BCUT2D eigenvalue weighted by atomic mass is 10.1. The maximum absolute atomic E-state index is 2.39. The van der Waals surface area contributed by atoms with Gasteiger partial charge in [0.1, 0.15) is 0 Å². The maximum Gasteiger partial charge on any atom is 0.0741 e. The molecule has 0 unspecified atom stereocenters. The smallest absolute Gasteiger partial charge is 0.0741 e. The molecule has 0 spiro atoms. The number of hydrogen-bond acceptors (Lipinski definition) is 1. The minimum Gasteiger partial charge on any atom is -0.363 e. The van der Waals surface area contributed by atoms with E-state index in [-0.39, 0.29) is 0 Å². The Morgan fingerprint density at radius 3 is 2.17 bits per heavy atom. The fourth-order valence-electron chi connectivity index (χ4n) is 2.44. The zero-order valence-electron chi connectivity index (χ0n) is 10.5. The third-order valence-corrected chi connectivity index (χ3v) is 3.54. The van der Waals surface area contributed by atoms with E-state index < -0.39 is 0 Å². The van der Waals surface area contributed by atoms with Crippen molar-refractivity contribution in [3.63, 3.8) is 0 Å². The zero-order chi connectivity index (χ0) is 12.4. The van der Waals surface area contributed by atoms with Gasteiger partial charge < -0.3 is 4.90 Å². The lowest BCUT2D eigenvalue weighted by Gasteiger charge is -1.99. The molecule has 0 aromatic heterocycles. The molecule has 3 rings (SSSR count). The summed E-state index contributed by atoms with van der Waals surface area (Å²) < 4.78 is 0. The van der Waals surface area contributed by atoms with Crippen molar-refractivity contribution in [2.45, 2.75) is 19.0 Å². The molecule has 1 aliphatic rings. The van der Waals surface area contributed by atoms with Crippen LogP contribution in [0.5, 0.6) is 0 Å². The topological polar surface area (TPSA) is 3.01 Å². The summed E-state index contributed by atoms with van der Waals surface area (Å²) in [6.07, 6.45) is 4.39. The summed E-state index contributed by atoms with van der Waals surface area (Å²) in [7, 11) is 0. The van der Waals surface area contributed by atoms with Gasteiger partial charge in [-0.15, -0.1) is 0 Å². The Kier molecular flexibility index (Phi) is 2.89. The largest absolute Gasteiger partial charge is 0.363 e. The molecule has 90 valence electrons. The molecule has 0 radical (unpaired) electrons. The van der Waals surface area contributed by atoms with Crippen LogP contribution in [0.1, 0.15) is 24.1 Å². The van der Waals surface area contributed by atoms with Crippen molar-refractivity contribution < 1.29 is 0 Å². The van der Waals surface area contributed by atoms with Gasteiger partial charge in [0.25, 0.3) is 0 Å². The minimum atomic E-state index is 0.547. The third-order valence-electron chi connectivity index (χ3n) is 3.54. The van der Waals surface area contributed by atoms with Gasteiger partial charge in [-0.05, 0) is 24.1 Å². The molecular formula is C17H17N. The van der Waals surface area contributed by atoms with Gasteiger partial charge in [0, 0.05) is 6.20 Å². The van der Waals surface area contributed by atoms with Gasteiger partial charge >= 0.3 is 0 Å². The van der Waals surface area contributed by atoms with E-state index in [1.54, 1.807) is 0 Å². The molecule has 0 aliphatic carbocycles. The second-order valence-electron chi connectivity index (χ2n) is 4.77. The Hall–Kier alpha value is -2.02. The highest BCUT2D eigenvalue weighted by Gasteiger charge is 2.42. The highest BCUT2D eigenvalue weighted by Crippen LogP contribution is 2.43. The molecule has 1 nitrogen and oxygen atoms in total. The van der Waals surface area contributed by atoms with Crippen LogP contribution in [0.15, 0.2) is 66.9 Å². The molecule has 0 bridgehead atoms. The fourth-order valence-corrected chi connectivity index (χ4v) is 2.44. The lowest BCUT2D eigenvalue weighted by molar-refractivity contribution is 0.667. The van der Waals surface area contributed by atoms with E-state index in [0.29, 0.717) is 12.1 Å². The standard InChI is InChI=1S/C17H17N/c1-14-17(16-10-6-3-7-11-16)18(14)13-12-15-8-4-2-5-9-15/h2-14,17H,1H3/b13-12+/t14-,17-,18?/m1/s1. The molecule has 1 aliphatic heterocycles. The normalized spacial score (nSPS) is 22.4. The van der Waals surface area contributed by atoms with E-state index in [2.05, 4.69) is 78.7 Å². The molecular weight excluding hydrogens is 218 g/mol. The van der Waals surface area contributed by atoms with Crippen LogP contribution in [0, 0.1) is 0 Å². The lowest BCUT2D eigenvalue weighted by Crippen LogP contribution is -1.87. The molecule has 2 atom stereocenters. The van der Waals surface area contributed by atoms with Crippen molar-refractivity contribution in [2.75, 3.05) is 0 Å². The van der Waals surface area contributed by atoms with E-state index >= 15 is 0 Å². The van der Waals surface area contributed by atoms with Crippen LogP contribution < -0.4 is 0 Å². The average Bonchev–Trinajstić information content (AvgIpc) is 3.09. The molecule has 1 heterocycles. The Balaban J connectivity index is 1.71. The summed E-state index contributed by atoms with van der Waals surface area (Å²) in [5.74, 6) is 0. The van der Waals surface area contributed by atoms with Crippen LogP contribution >= 0.6 is 0 Å². The van der Waals surface area contributed by atoms with Gasteiger partial charge in [0.15, 0.2) is 0 Å². The van der Waals surface area contributed by atoms with Crippen LogP contribution in [-0.2, 0) is 0 Å². The van der Waals surface area contributed by atoms with E-state index in [1.807, 2.05) is 6.07 Å². The Morgan fingerprint density at radius 1 is 0.889 bits per heavy atom. The van der Waals surface area contributed by atoms with Gasteiger partial charge in [-0.2, -0.15) is 0 Å². The highest BCUT2D eigenvalue weighted by atomic mass is 15.3. The van der Waals surface area contributed by atoms with E-state index in [4.69, 9.17) is 0 Å². The molecule has 0 amide bonds. The predicted octanol–water partition coefficient (Wildman–Crippen LogP) is 4.10. The second-order valence-corrected chi connectivity index (χ2v) is 4.77. The van der Waals surface area contributed by atoms with Crippen molar-refractivity contribution in [3.05, 3.63) is 78.0 Å². The monoisotopic (exact) mass is 235 g/mol. The minimum absolute atomic E-state index is 0.547. The first kappa shape index (κ1) is 11.1. The SMILES string of the molecule is C[C@@H]1[C@H](c2ccccc2)N1/C=C/c1ccccc1. The van der Waals surface area contributed by atoms with Crippen LogP contribution in [0.4, 0.5) is 0 Å². The summed E-state index contributed by atoms with van der Waals surface area (Å²) in [6, 6.07) is 22.3. The van der Waals surface area contributed by atoms with Crippen molar-refractivity contribution >= 4 is 6.08 Å². The number of nitrogens with zero attached hydrogens (tertiary/aromatic N) is 1. The number of hydrogen-bond donors (Lipinski definition) is 0. The number of benzene rings is 2. The number of rotatable bonds is 3. The summed E-state index contributed by atoms with van der Waals surface area (Å²) in [4.78, 5) is 2.39. The molecule has 2 aromatic rings. The van der Waals surface area contributed by atoms with Crippen LogP contribution in [0.3, 0.4) is 0 Å². The van der Waals surface area contributed by atoms with Crippen molar-refractivity contribution in [3.8, 4) is 0 Å². The fraction of sp³-hybridized carbons (Fsp3) is 0.176. The van der Waals surface area contributed by atoms with Gasteiger partial charge in [-0.3, -0.25) is 0 Å². The summed E-state index contributed by atoms with van der Waals surface area (Å²) >= 11 is 0. The quantitative estimate of drug-likeness (QED) is 0.724. The van der Waals surface area contributed by atoms with Crippen molar-refractivity contribution in [1.29, 1.82) is 0 Å². The zero-order valence-corrected chi connectivity index (χ0v) is 10.5. The van der Waals surface area contributed by atoms with Gasteiger partial charge in [-0.25, -0.2) is 0 Å². The molecule has 0 saturated carbocycles. The molecule has 18 heavy (non-hydrogen) atoms. The first-order chi connectivity index (χ1) is 8.86. The summed E-state index contributed by atoms with van der Waals surface area (Å²) in [5, 5.41) is 0. The van der Waals surface area contributed by atoms with Gasteiger partial charge in [0.2, 0.25) is 0 Å². The Morgan fingerprint density at radius 2 is 1.50 bits per heavy atom. The maximum atomic E-state index is 2.39. The molecule has 1 fully saturated rings. The first-order valence-electron chi connectivity index (χ1n) is 6.42. The molecule has 0 N–H and O–H groups in total. The predicted molar refractivity (Wildman–Crippen MR) is 76.0 cm³/mol. The van der Waals surface area contributed by atoms with E-state index in [9.17, 15) is 0 Å². The van der Waals surface area contributed by atoms with E-state index in [0.717, 1.165) is 0 Å². The summed E-state index contributed by atoms with van der Waals surface area (Å²) in [6.45, 7) is 2.27. The third kappa shape index (κ3) is 2.17.